The van der Waals surface area contributed by atoms with Crippen LogP contribution in [0, 0.1) is 0 Å². The molecule has 2 heterocycles. The summed E-state index contributed by atoms with van der Waals surface area (Å²) in [6, 6.07) is 19.6. The van der Waals surface area contributed by atoms with E-state index in [1.807, 2.05) is 60.7 Å². The van der Waals surface area contributed by atoms with Crippen molar-refractivity contribution in [1.29, 1.82) is 0 Å². The minimum Gasteiger partial charge on any atom is -0.347 e. The molecule has 1 fully saturated rings. The molecular formula is C26H24N6O3. The second-order valence-corrected chi connectivity index (χ2v) is 8.43. The Kier molecular flexibility index (Phi) is 6.21. The Morgan fingerprint density at radius 3 is 2.40 bits per heavy atom. The summed E-state index contributed by atoms with van der Waals surface area (Å²) < 4.78 is 3.24. The minimum absolute atomic E-state index is 0.0423. The first-order valence-corrected chi connectivity index (χ1v) is 11.4. The number of rotatable bonds is 9. The van der Waals surface area contributed by atoms with E-state index in [1.165, 1.54) is 12.5 Å². The van der Waals surface area contributed by atoms with Crippen molar-refractivity contribution >= 4 is 17.6 Å². The summed E-state index contributed by atoms with van der Waals surface area (Å²) in [6.07, 6.45) is 6.61. The average Bonchev–Trinajstić information content (AvgIpc) is 3.34. The molecule has 35 heavy (non-hydrogen) atoms. The van der Waals surface area contributed by atoms with E-state index in [0.29, 0.717) is 5.82 Å². The molecule has 9 nitrogen and oxygen atoms in total. The third kappa shape index (κ3) is 5.19. The van der Waals surface area contributed by atoms with Gasteiger partial charge >= 0.3 is 0 Å². The lowest BCUT2D eigenvalue weighted by atomic mass is 10.0. The second kappa shape index (κ2) is 9.76. The Bertz CT molecular complexity index is 1340. The maximum Gasteiger partial charge on any atom is 0.289 e. The number of hydrogen-bond acceptors (Lipinski definition) is 5. The standard InChI is InChI=1S/C26H24N6O3/c33-24(26(35)28-19-11-12-19)21(15-18-7-3-1-4-8-18)29-25(34)22-16-27-17-31(22)23-13-14-32(30-23)20-9-5-2-6-10-20/h1-10,13-14,16-17,19,21H,11-12,15H2,(H,28,35)(H,29,34)/t21-/m0/s1. The van der Waals surface area contributed by atoms with Crippen molar-refractivity contribution in [3.05, 3.63) is 96.7 Å². The fraction of sp³-hybridized carbons (Fsp3) is 0.192. The van der Waals surface area contributed by atoms with Gasteiger partial charge in [0.05, 0.1) is 11.9 Å². The zero-order chi connectivity index (χ0) is 24.2. The monoisotopic (exact) mass is 468 g/mol. The number of benzene rings is 2. The maximum atomic E-state index is 13.2. The summed E-state index contributed by atoms with van der Waals surface area (Å²) in [6.45, 7) is 0. The molecule has 0 saturated heterocycles. The Hall–Kier alpha value is -4.53. The van der Waals surface area contributed by atoms with Crippen LogP contribution in [0.1, 0.15) is 28.9 Å². The first-order valence-electron chi connectivity index (χ1n) is 11.4. The van der Waals surface area contributed by atoms with Crippen molar-refractivity contribution in [2.45, 2.75) is 31.3 Å². The molecule has 4 aromatic rings. The zero-order valence-corrected chi connectivity index (χ0v) is 18.9. The average molecular weight is 469 g/mol. The number of Topliss-reactive ketones (excluding diaryl/α,β-unsaturated/α-hetero) is 1. The molecule has 0 spiro atoms. The summed E-state index contributed by atoms with van der Waals surface area (Å²) in [5.74, 6) is -1.38. The lowest BCUT2D eigenvalue weighted by Gasteiger charge is -2.18. The summed E-state index contributed by atoms with van der Waals surface area (Å²) in [5, 5.41) is 10.0. The van der Waals surface area contributed by atoms with Crippen LogP contribution in [-0.2, 0) is 16.0 Å². The van der Waals surface area contributed by atoms with Crippen LogP contribution < -0.4 is 10.6 Å². The molecular weight excluding hydrogens is 444 g/mol. The number of aromatic nitrogens is 4. The van der Waals surface area contributed by atoms with E-state index >= 15 is 0 Å². The molecule has 5 rings (SSSR count). The maximum absolute atomic E-state index is 13.2. The smallest absolute Gasteiger partial charge is 0.289 e. The van der Waals surface area contributed by atoms with Gasteiger partial charge in [-0.25, -0.2) is 9.67 Å². The highest BCUT2D eigenvalue weighted by Gasteiger charge is 2.32. The van der Waals surface area contributed by atoms with Crippen molar-refractivity contribution in [2.75, 3.05) is 0 Å². The molecule has 1 atom stereocenters. The number of nitrogens with zero attached hydrogens (tertiary/aromatic N) is 4. The third-order valence-electron chi connectivity index (χ3n) is 5.75. The molecule has 2 amide bonds. The molecule has 2 aromatic carbocycles. The zero-order valence-electron chi connectivity index (χ0n) is 18.9. The first kappa shape index (κ1) is 22.3. The van der Waals surface area contributed by atoms with Crippen molar-refractivity contribution in [3.8, 4) is 11.5 Å². The Morgan fingerprint density at radius 1 is 0.971 bits per heavy atom. The van der Waals surface area contributed by atoms with Gasteiger partial charge in [0.25, 0.3) is 11.8 Å². The lowest BCUT2D eigenvalue weighted by Crippen LogP contribution is -2.49. The predicted octanol–water partition coefficient (Wildman–Crippen LogP) is 2.25. The van der Waals surface area contributed by atoms with Crippen LogP contribution in [0.5, 0.6) is 0 Å². The van der Waals surface area contributed by atoms with Gasteiger partial charge in [-0.2, -0.15) is 0 Å². The Labute approximate surface area is 201 Å². The fourth-order valence-electron chi connectivity index (χ4n) is 3.75. The quantitative estimate of drug-likeness (QED) is 0.366. The topological polar surface area (TPSA) is 111 Å². The van der Waals surface area contributed by atoms with E-state index in [-0.39, 0.29) is 18.2 Å². The van der Waals surface area contributed by atoms with E-state index in [4.69, 9.17) is 0 Å². The minimum atomic E-state index is -1.02. The molecule has 1 saturated carbocycles. The molecule has 2 N–H and O–H groups in total. The van der Waals surface area contributed by atoms with Gasteiger partial charge in [0.2, 0.25) is 5.78 Å². The van der Waals surface area contributed by atoms with Crippen LogP contribution in [0.3, 0.4) is 0 Å². The predicted molar refractivity (Wildman–Crippen MR) is 128 cm³/mol. The van der Waals surface area contributed by atoms with Crippen LogP contribution >= 0.6 is 0 Å². The van der Waals surface area contributed by atoms with Crippen molar-refractivity contribution in [1.82, 2.24) is 30.0 Å². The van der Waals surface area contributed by atoms with E-state index in [1.54, 1.807) is 21.5 Å². The molecule has 0 bridgehead atoms. The summed E-state index contributed by atoms with van der Waals surface area (Å²) in [5.41, 5.74) is 1.91. The van der Waals surface area contributed by atoms with E-state index < -0.39 is 23.6 Å². The van der Waals surface area contributed by atoms with Gasteiger partial charge < -0.3 is 10.6 Å². The van der Waals surface area contributed by atoms with Crippen LogP contribution in [-0.4, -0.2) is 49.0 Å². The fourth-order valence-corrected chi connectivity index (χ4v) is 3.75. The summed E-state index contributed by atoms with van der Waals surface area (Å²) in [7, 11) is 0. The van der Waals surface area contributed by atoms with Gasteiger partial charge in [-0.1, -0.05) is 48.5 Å². The molecule has 1 aliphatic carbocycles. The highest BCUT2D eigenvalue weighted by Crippen LogP contribution is 2.19. The highest BCUT2D eigenvalue weighted by molar-refractivity contribution is 6.38. The SMILES string of the molecule is O=C(NC1CC1)C(=O)[C@H](Cc1ccccc1)NC(=O)c1cncn1-c1ccn(-c2ccccc2)n1. The molecule has 1 aliphatic rings. The van der Waals surface area contributed by atoms with E-state index in [2.05, 4.69) is 20.7 Å². The Balaban J connectivity index is 1.37. The van der Waals surface area contributed by atoms with Gasteiger partial charge in [0.15, 0.2) is 5.82 Å². The number of carbonyl (C=O) groups is 3. The van der Waals surface area contributed by atoms with Gasteiger partial charge in [0, 0.05) is 24.7 Å². The van der Waals surface area contributed by atoms with Gasteiger partial charge in [-0.3, -0.25) is 19.0 Å². The van der Waals surface area contributed by atoms with Crippen molar-refractivity contribution in [2.24, 2.45) is 0 Å². The van der Waals surface area contributed by atoms with Crippen LogP contribution in [0.15, 0.2) is 85.5 Å². The van der Waals surface area contributed by atoms with E-state index in [0.717, 1.165) is 24.1 Å². The lowest BCUT2D eigenvalue weighted by molar-refractivity contribution is -0.139. The summed E-state index contributed by atoms with van der Waals surface area (Å²) in [4.78, 5) is 42.8. The number of para-hydroxylation sites is 1. The normalized spacial score (nSPS) is 13.7. The number of ketones is 1. The largest absolute Gasteiger partial charge is 0.347 e. The van der Waals surface area contributed by atoms with Gasteiger partial charge in [-0.05, 0) is 30.5 Å². The molecule has 9 heteroatoms. The number of imidazole rings is 1. The van der Waals surface area contributed by atoms with Crippen LogP contribution in [0.25, 0.3) is 11.5 Å². The Morgan fingerprint density at radius 2 is 1.69 bits per heavy atom. The molecule has 0 unspecified atom stereocenters. The number of amides is 2. The highest BCUT2D eigenvalue weighted by atomic mass is 16.2. The van der Waals surface area contributed by atoms with Crippen molar-refractivity contribution < 1.29 is 14.4 Å². The summed E-state index contributed by atoms with van der Waals surface area (Å²) >= 11 is 0. The van der Waals surface area contributed by atoms with Crippen LogP contribution in [0.4, 0.5) is 0 Å². The molecule has 0 aliphatic heterocycles. The van der Waals surface area contributed by atoms with Crippen molar-refractivity contribution in [3.63, 3.8) is 0 Å². The molecule has 176 valence electrons. The van der Waals surface area contributed by atoms with Gasteiger partial charge in [-0.15, -0.1) is 5.10 Å². The molecule has 0 radical (unpaired) electrons. The number of nitrogens with one attached hydrogen (secondary N) is 2. The van der Waals surface area contributed by atoms with Gasteiger partial charge in [0.1, 0.15) is 18.1 Å². The first-order chi connectivity index (χ1) is 17.1. The number of carbonyl (C=O) groups excluding carboxylic acids is 3. The molecule has 2 aromatic heterocycles. The van der Waals surface area contributed by atoms with E-state index in [9.17, 15) is 14.4 Å². The number of hydrogen-bond donors (Lipinski definition) is 2. The van der Waals surface area contributed by atoms with Crippen LogP contribution in [0.2, 0.25) is 0 Å². The second-order valence-electron chi connectivity index (χ2n) is 8.43. The third-order valence-corrected chi connectivity index (χ3v) is 5.75.